The number of nitrogens with one attached hydrogen (secondary N) is 5. The van der Waals surface area contributed by atoms with Crippen molar-refractivity contribution in [3.05, 3.63) is 159 Å². The molecule has 3 aliphatic carbocycles. The molecular weight excluding hydrogens is 1620 g/mol. The third-order valence-corrected chi connectivity index (χ3v) is 21.3. The molecule has 1 atom stereocenters. The van der Waals surface area contributed by atoms with E-state index in [4.69, 9.17) is 13.1 Å². The zero-order chi connectivity index (χ0) is 92.5. The highest BCUT2D eigenvalue weighted by Gasteiger charge is 2.51. The van der Waals surface area contributed by atoms with Crippen LogP contribution in [0.25, 0.3) is 70.5 Å². The Morgan fingerprint density at radius 3 is 1.18 bits per heavy atom. The fourth-order valence-electron chi connectivity index (χ4n) is 14.7. The zero-order valence-corrected chi connectivity index (χ0v) is 74.2. The second-order valence-electron chi connectivity index (χ2n) is 37.7. The second kappa shape index (κ2) is 36.9. The van der Waals surface area contributed by atoms with Crippen LogP contribution >= 0.6 is 0 Å². The lowest BCUT2D eigenvalue weighted by Gasteiger charge is -2.29. The first-order valence-corrected chi connectivity index (χ1v) is 41.5. The Hall–Kier alpha value is -11.6. The molecule has 11 aromatic rings. The Morgan fingerprint density at radius 1 is 0.424 bits per heavy atom. The van der Waals surface area contributed by atoms with Gasteiger partial charge in [0.15, 0.2) is 17.0 Å². The van der Waals surface area contributed by atoms with Crippen molar-refractivity contribution in [1.29, 1.82) is 0 Å². The van der Waals surface area contributed by atoms with E-state index in [2.05, 4.69) is 65.8 Å². The van der Waals surface area contributed by atoms with E-state index < -0.39 is 52.3 Å². The Bertz CT molecular complexity index is 5840. The number of carbonyl (C=O) groups is 5. The molecule has 0 aliphatic heterocycles. The maximum Gasteiger partial charge on any atom is 0.417 e. The molecule has 27 nitrogen and oxygen atoms in total. The molecule has 33 heteroatoms. The first-order chi connectivity index (χ1) is 57.9. The van der Waals surface area contributed by atoms with Crippen molar-refractivity contribution in [1.82, 2.24) is 47.8 Å². The normalized spacial score (nSPS) is 14.6. The Balaban J connectivity index is 0.000000164. The highest BCUT2D eigenvalue weighted by Crippen LogP contribution is 2.44. The van der Waals surface area contributed by atoms with Crippen LogP contribution in [0, 0.1) is 63.7 Å². The van der Waals surface area contributed by atoms with Crippen LogP contribution in [-0.2, 0) is 35.1 Å². The van der Waals surface area contributed by atoms with Crippen LogP contribution in [0.2, 0.25) is 0 Å². The van der Waals surface area contributed by atoms with Crippen LogP contribution < -0.4 is 26.6 Å². The number of aryl methyl sites for hydroxylation is 4. The Labute approximate surface area is 722 Å². The molecule has 3 fully saturated rings. The number of carbonyl (C=O) groups excluding carboxylic acids is 5. The third kappa shape index (κ3) is 23.9. The Kier molecular flexibility index (Phi) is 28.2. The summed E-state index contributed by atoms with van der Waals surface area (Å²) < 4.78 is 90.1. The molecule has 5 heterocycles. The van der Waals surface area contributed by atoms with Gasteiger partial charge in [0.05, 0.1) is 105 Å². The summed E-state index contributed by atoms with van der Waals surface area (Å²) >= 11 is 0. The van der Waals surface area contributed by atoms with Crippen LogP contribution in [0.1, 0.15) is 240 Å². The van der Waals surface area contributed by atoms with Crippen molar-refractivity contribution in [2.75, 3.05) is 26.6 Å². The number of halogens is 6. The molecule has 1 unspecified atom stereocenters. The van der Waals surface area contributed by atoms with E-state index in [0.29, 0.717) is 98.9 Å². The van der Waals surface area contributed by atoms with Crippen molar-refractivity contribution < 1.29 is 75.8 Å². The fourth-order valence-corrected chi connectivity index (χ4v) is 14.7. The molecule has 6 aromatic carbocycles. The van der Waals surface area contributed by atoms with E-state index in [1.807, 2.05) is 110 Å². The van der Waals surface area contributed by atoms with E-state index in [0.717, 1.165) is 95.7 Å². The number of rotatable bonds is 19. The van der Waals surface area contributed by atoms with Gasteiger partial charge in [-0.05, 0) is 287 Å². The lowest BCUT2D eigenvalue weighted by Crippen LogP contribution is -2.45. The predicted octanol–water partition coefficient (Wildman–Crippen LogP) is 19.4. The largest absolute Gasteiger partial charge is 0.417 e. The number of nitrogens with zero attached hydrogens (tertiary/aromatic N) is 12. The molecule has 5 amide bonds. The summed E-state index contributed by atoms with van der Waals surface area (Å²) in [5, 5.41) is 62.9. The van der Waals surface area contributed by atoms with E-state index in [-0.39, 0.29) is 83.5 Å². The van der Waals surface area contributed by atoms with Gasteiger partial charge in [-0.3, -0.25) is 55.1 Å². The number of benzene rings is 6. The average Bonchev–Trinajstić information content (AvgIpc) is 1.66. The highest BCUT2D eigenvalue weighted by atomic mass is 19.4. The first kappa shape index (κ1) is 95.6. The maximum absolute atomic E-state index is 14.4. The lowest BCUT2D eigenvalue weighted by atomic mass is 9.92. The molecule has 14 rings (SSSR count). The predicted molar refractivity (Wildman–Crippen MR) is 472 cm³/mol. The Morgan fingerprint density at radius 2 is 0.792 bits per heavy atom. The van der Waals surface area contributed by atoms with E-state index in [9.17, 15) is 75.8 Å². The number of imidazole rings is 5. The minimum Gasteiger partial charge on any atom is -0.390 e. The van der Waals surface area contributed by atoms with Gasteiger partial charge in [-0.2, -0.15) is 13.2 Å². The van der Waals surface area contributed by atoms with Gasteiger partial charge in [0, 0.05) is 35.8 Å². The van der Waals surface area contributed by atoms with Crippen LogP contribution in [-0.4, -0.2) is 131 Å². The van der Waals surface area contributed by atoms with Crippen LogP contribution in [0.15, 0.2) is 91.0 Å². The summed E-state index contributed by atoms with van der Waals surface area (Å²) in [5.41, 5.74) is 3.52. The van der Waals surface area contributed by atoms with E-state index in [1.165, 1.54) is 47.4 Å². The molecule has 125 heavy (non-hydrogen) atoms. The number of hydrogen-bond donors (Lipinski definition) is 10. The minimum atomic E-state index is -5.00. The van der Waals surface area contributed by atoms with Gasteiger partial charge in [-0.1, -0.05) is 26.8 Å². The molecular formula is C92H113F6N17O10. The fraction of sp³-hybridized carbons (Fsp3) is 0.478. The number of anilines is 5. The summed E-state index contributed by atoms with van der Waals surface area (Å²) in [5.74, 6) is -1.56. The number of aromatic nitrogens is 10. The van der Waals surface area contributed by atoms with Gasteiger partial charge in [-0.15, -0.1) is 0 Å². The SMILES string of the molecule is CC(C)(O)c1ccc2nc(NC(=O)CC(C)(O)C(F)(F)F)n(-c3ccc(F)cc3)c2c1.Cc1cc(F)c2c(c1)nc(NC(=O)CC(C)(C)O)n2C1CCC1.Cc1cc(F)c2c(c1)nc(NC(=O)CC(C)(C)O)n2C1CCC1.[C-]#[N+]c1cc2c(cc1C)nc(NC(=O)CC(C)(C)C)n2C1CCC1.[C-]#[N+]c1cc2c(cc1C)nc(NC(=O)CC(C)(C)O)n2C(C)(C)C. The molecule has 3 saturated carbocycles. The van der Waals surface area contributed by atoms with Gasteiger partial charge in [0.2, 0.25) is 59.3 Å². The number of amides is 5. The van der Waals surface area contributed by atoms with Gasteiger partial charge < -0.3 is 43.8 Å². The number of aliphatic hydroxyl groups is 5. The average molecular weight is 1730 g/mol. The second-order valence-corrected chi connectivity index (χ2v) is 37.7. The molecule has 10 N–H and O–H groups in total. The lowest BCUT2D eigenvalue weighted by molar-refractivity contribution is -0.253. The van der Waals surface area contributed by atoms with Gasteiger partial charge in [0.25, 0.3) is 0 Å². The van der Waals surface area contributed by atoms with E-state index in [1.54, 1.807) is 82.7 Å². The standard InChI is InChI=1S/C21H21F4N3O3.C19H24N4O.C18H24N4O2.2C17H22FN3O2/c1-19(2,30)12-4-9-15-16(10-12)28(14-7-5-13(22)6-8-14)18(26-15)27-17(29)11-20(3,31)21(23,24)25;1-12-9-15-16(10-14(12)20-5)23(13-7-6-8-13)18(21-15)22-17(24)11-19(2,3)4;1-11-8-13-14(9-12(11)19-7)22(17(2,3)4)16(20-13)21-15(23)10-18(5,6)24;2*1-10-7-12(18)15-13(8-10)19-16(21(15)11-5-4-6-11)20-14(22)9-17(2,3)23/h4-10,30-31H,11H2,1-3H3,(H,26,27,29);9-10,13H,6-8,11H2,1-4H3,(H,21,22,24);8-9,24H,10H2,1-6H3,(H,20,21,23);2*7-8,11,23H,4-6,9H2,1-3H3,(H,19,20,22). The van der Waals surface area contributed by atoms with E-state index >= 15 is 0 Å². The molecule has 5 aromatic heterocycles. The third-order valence-electron chi connectivity index (χ3n) is 21.3. The van der Waals surface area contributed by atoms with Crippen molar-refractivity contribution in [2.24, 2.45) is 5.41 Å². The molecule has 0 bridgehead atoms. The summed E-state index contributed by atoms with van der Waals surface area (Å²) in [6.07, 6.45) is 3.49. The van der Waals surface area contributed by atoms with Crippen molar-refractivity contribution in [3.8, 4) is 5.69 Å². The molecule has 3 aliphatic rings. The summed E-state index contributed by atoms with van der Waals surface area (Å²) in [7, 11) is 0. The zero-order valence-electron chi connectivity index (χ0n) is 74.2. The number of hydrogen-bond acceptors (Lipinski definition) is 15. The molecule has 668 valence electrons. The van der Waals surface area contributed by atoms with Crippen LogP contribution in [0.5, 0.6) is 0 Å². The van der Waals surface area contributed by atoms with Gasteiger partial charge >= 0.3 is 6.18 Å². The maximum atomic E-state index is 14.4. The summed E-state index contributed by atoms with van der Waals surface area (Å²) in [6, 6.07) is 24.8. The number of fused-ring (bicyclic) bond motifs is 5. The molecule has 0 spiro atoms. The highest BCUT2D eigenvalue weighted by molar-refractivity contribution is 5.97. The van der Waals surface area contributed by atoms with Crippen molar-refractivity contribution >= 4 is 126 Å². The number of alkyl halides is 3. The van der Waals surface area contributed by atoms with Crippen molar-refractivity contribution in [2.45, 2.75) is 279 Å². The monoisotopic (exact) mass is 1730 g/mol. The van der Waals surface area contributed by atoms with Crippen LogP contribution in [0.3, 0.4) is 0 Å². The topological polar surface area (TPSA) is 344 Å². The minimum absolute atomic E-state index is 0.0134. The molecule has 0 saturated heterocycles. The van der Waals surface area contributed by atoms with Crippen molar-refractivity contribution in [3.63, 3.8) is 0 Å². The quantitative estimate of drug-likeness (QED) is 0.0266. The smallest absolute Gasteiger partial charge is 0.390 e. The summed E-state index contributed by atoms with van der Waals surface area (Å²) in [6.45, 7) is 47.4. The first-order valence-electron chi connectivity index (χ1n) is 41.5. The molecule has 0 radical (unpaired) electrons. The summed E-state index contributed by atoms with van der Waals surface area (Å²) in [4.78, 5) is 90.5. The van der Waals surface area contributed by atoms with Gasteiger partial charge in [-0.25, -0.2) is 47.8 Å². The van der Waals surface area contributed by atoms with Gasteiger partial charge in [0.1, 0.15) is 28.5 Å². The van der Waals surface area contributed by atoms with Crippen LogP contribution in [0.4, 0.5) is 67.5 Å².